The number of hydrogen-bond donors (Lipinski definition) is 2. The van der Waals surface area contributed by atoms with E-state index in [1.54, 1.807) is 0 Å². The van der Waals surface area contributed by atoms with Crippen LogP contribution in [0.2, 0.25) is 0 Å². The zero-order valence-electron chi connectivity index (χ0n) is 8.92. The standard InChI is InChI=1S/C10H16N4S/c1-11-7-8-6-9(13-10(15)12-8)14-4-2-3-5-14/h6,11H,2-5,7H2,1H3,(H,12,13,15). The maximum absolute atomic E-state index is 5.12. The van der Waals surface area contributed by atoms with Gasteiger partial charge in [0.05, 0.1) is 0 Å². The Bertz CT molecular complexity index is 381. The van der Waals surface area contributed by atoms with E-state index in [1.165, 1.54) is 12.8 Å². The smallest absolute Gasteiger partial charge is 0.198 e. The van der Waals surface area contributed by atoms with E-state index in [4.69, 9.17) is 12.2 Å². The number of hydrogen-bond acceptors (Lipinski definition) is 4. The summed E-state index contributed by atoms with van der Waals surface area (Å²) in [7, 11) is 1.92. The molecule has 1 aromatic heterocycles. The molecule has 4 nitrogen and oxygen atoms in total. The molecule has 0 radical (unpaired) electrons. The monoisotopic (exact) mass is 224 g/mol. The van der Waals surface area contributed by atoms with Crippen LogP contribution in [0.5, 0.6) is 0 Å². The first-order valence-electron chi connectivity index (χ1n) is 5.29. The Labute approximate surface area is 94.7 Å². The number of nitrogens with zero attached hydrogens (tertiary/aromatic N) is 2. The van der Waals surface area contributed by atoms with Crippen molar-refractivity contribution >= 4 is 18.0 Å². The highest BCUT2D eigenvalue weighted by Crippen LogP contribution is 2.17. The van der Waals surface area contributed by atoms with Crippen molar-refractivity contribution in [2.75, 3.05) is 25.0 Å². The van der Waals surface area contributed by atoms with Gasteiger partial charge in [0.2, 0.25) is 0 Å². The topological polar surface area (TPSA) is 44.0 Å². The van der Waals surface area contributed by atoms with E-state index < -0.39 is 0 Å². The van der Waals surface area contributed by atoms with Crippen LogP contribution in [-0.2, 0) is 6.54 Å². The van der Waals surface area contributed by atoms with Gasteiger partial charge in [0.1, 0.15) is 5.82 Å². The summed E-state index contributed by atoms with van der Waals surface area (Å²) in [5.41, 5.74) is 1.10. The lowest BCUT2D eigenvalue weighted by Gasteiger charge is -2.16. The van der Waals surface area contributed by atoms with Crippen LogP contribution in [-0.4, -0.2) is 30.1 Å². The van der Waals surface area contributed by atoms with E-state index in [1.807, 2.05) is 7.05 Å². The Morgan fingerprint density at radius 2 is 2.27 bits per heavy atom. The quantitative estimate of drug-likeness (QED) is 0.763. The van der Waals surface area contributed by atoms with Crippen LogP contribution in [0, 0.1) is 4.77 Å². The summed E-state index contributed by atoms with van der Waals surface area (Å²) in [5, 5.41) is 3.11. The second-order valence-electron chi connectivity index (χ2n) is 3.79. The van der Waals surface area contributed by atoms with Gasteiger partial charge < -0.3 is 15.2 Å². The number of rotatable bonds is 3. The molecular formula is C10H16N4S. The zero-order chi connectivity index (χ0) is 10.7. The average molecular weight is 224 g/mol. The van der Waals surface area contributed by atoms with Gasteiger partial charge in [-0.3, -0.25) is 0 Å². The van der Waals surface area contributed by atoms with Gasteiger partial charge in [-0.25, -0.2) is 4.98 Å². The zero-order valence-corrected chi connectivity index (χ0v) is 9.73. The Kier molecular flexibility index (Phi) is 3.33. The Balaban J connectivity index is 2.26. The Morgan fingerprint density at radius 3 is 2.93 bits per heavy atom. The summed E-state index contributed by atoms with van der Waals surface area (Å²) >= 11 is 5.12. The van der Waals surface area contributed by atoms with Crippen LogP contribution >= 0.6 is 12.2 Å². The van der Waals surface area contributed by atoms with Gasteiger partial charge in [-0.05, 0) is 32.1 Å². The fourth-order valence-corrected chi connectivity index (χ4v) is 2.11. The fraction of sp³-hybridized carbons (Fsp3) is 0.600. The highest BCUT2D eigenvalue weighted by atomic mass is 32.1. The molecule has 0 atom stereocenters. The van der Waals surface area contributed by atoms with Gasteiger partial charge in [-0.15, -0.1) is 0 Å². The van der Waals surface area contributed by atoms with Gasteiger partial charge in [0.25, 0.3) is 0 Å². The summed E-state index contributed by atoms with van der Waals surface area (Å²) in [6.45, 7) is 3.00. The van der Waals surface area contributed by atoms with Gasteiger partial charge >= 0.3 is 0 Å². The summed E-state index contributed by atoms with van der Waals surface area (Å²) < 4.78 is 0.574. The van der Waals surface area contributed by atoms with E-state index in [-0.39, 0.29) is 0 Å². The molecule has 2 rings (SSSR count). The molecule has 1 aromatic rings. The predicted octanol–water partition coefficient (Wildman–Crippen LogP) is 1.46. The highest BCUT2D eigenvalue weighted by molar-refractivity contribution is 7.71. The predicted molar refractivity (Wildman–Crippen MR) is 63.6 cm³/mol. The molecule has 0 bridgehead atoms. The summed E-state index contributed by atoms with van der Waals surface area (Å²) in [5.74, 6) is 1.02. The maximum atomic E-state index is 5.12. The number of aromatic amines is 1. The van der Waals surface area contributed by atoms with Crippen LogP contribution in [0.3, 0.4) is 0 Å². The van der Waals surface area contributed by atoms with Crippen molar-refractivity contribution in [3.05, 3.63) is 16.5 Å². The lowest BCUT2D eigenvalue weighted by molar-refractivity contribution is 0.779. The molecule has 0 aromatic carbocycles. The van der Waals surface area contributed by atoms with Crippen molar-refractivity contribution in [1.29, 1.82) is 0 Å². The normalized spacial score (nSPS) is 15.9. The van der Waals surface area contributed by atoms with Crippen molar-refractivity contribution in [2.45, 2.75) is 19.4 Å². The molecule has 1 aliphatic heterocycles. The molecule has 2 N–H and O–H groups in total. The van der Waals surface area contributed by atoms with Crippen molar-refractivity contribution in [3.8, 4) is 0 Å². The first kappa shape index (κ1) is 10.6. The Morgan fingerprint density at radius 1 is 1.53 bits per heavy atom. The molecule has 1 fully saturated rings. The van der Waals surface area contributed by atoms with Crippen LogP contribution < -0.4 is 10.2 Å². The van der Waals surface area contributed by atoms with E-state index in [2.05, 4.69) is 26.3 Å². The molecule has 15 heavy (non-hydrogen) atoms. The van der Waals surface area contributed by atoms with Crippen LogP contribution in [0.25, 0.3) is 0 Å². The molecular weight excluding hydrogens is 208 g/mol. The van der Waals surface area contributed by atoms with Crippen LogP contribution in [0.15, 0.2) is 6.07 Å². The lowest BCUT2D eigenvalue weighted by atomic mass is 10.3. The largest absolute Gasteiger partial charge is 0.356 e. The number of H-pyrrole nitrogens is 1. The van der Waals surface area contributed by atoms with E-state index >= 15 is 0 Å². The molecule has 82 valence electrons. The first-order valence-corrected chi connectivity index (χ1v) is 5.70. The van der Waals surface area contributed by atoms with E-state index in [0.717, 1.165) is 31.1 Å². The number of aromatic nitrogens is 2. The van der Waals surface area contributed by atoms with Crippen LogP contribution in [0.1, 0.15) is 18.5 Å². The molecule has 0 aliphatic carbocycles. The molecule has 0 saturated carbocycles. The van der Waals surface area contributed by atoms with Crippen LogP contribution in [0.4, 0.5) is 5.82 Å². The van der Waals surface area contributed by atoms with E-state index in [0.29, 0.717) is 4.77 Å². The number of anilines is 1. The lowest BCUT2D eigenvalue weighted by Crippen LogP contribution is -2.20. The van der Waals surface area contributed by atoms with Gasteiger partial charge in [-0.2, -0.15) is 0 Å². The third kappa shape index (κ3) is 2.54. The Hall–Kier alpha value is -0.940. The minimum absolute atomic E-state index is 0.574. The second kappa shape index (κ2) is 4.72. The van der Waals surface area contributed by atoms with E-state index in [9.17, 15) is 0 Å². The third-order valence-electron chi connectivity index (χ3n) is 2.58. The molecule has 0 unspecified atom stereocenters. The minimum Gasteiger partial charge on any atom is -0.356 e. The van der Waals surface area contributed by atoms with Crippen molar-refractivity contribution in [3.63, 3.8) is 0 Å². The first-order chi connectivity index (χ1) is 7.29. The maximum Gasteiger partial charge on any atom is 0.198 e. The third-order valence-corrected chi connectivity index (χ3v) is 2.78. The molecule has 0 amide bonds. The molecule has 2 heterocycles. The molecule has 0 spiro atoms. The van der Waals surface area contributed by atoms with Gasteiger partial charge in [0, 0.05) is 31.4 Å². The summed E-state index contributed by atoms with van der Waals surface area (Å²) in [6, 6.07) is 2.08. The molecule has 5 heteroatoms. The highest BCUT2D eigenvalue weighted by Gasteiger charge is 2.13. The van der Waals surface area contributed by atoms with Crippen molar-refractivity contribution in [1.82, 2.24) is 15.3 Å². The van der Waals surface area contributed by atoms with Crippen molar-refractivity contribution < 1.29 is 0 Å². The van der Waals surface area contributed by atoms with Gasteiger partial charge in [0.15, 0.2) is 4.77 Å². The van der Waals surface area contributed by atoms with Gasteiger partial charge in [-0.1, -0.05) is 0 Å². The second-order valence-corrected chi connectivity index (χ2v) is 4.18. The molecule has 1 aliphatic rings. The van der Waals surface area contributed by atoms with Crippen molar-refractivity contribution in [2.24, 2.45) is 0 Å². The minimum atomic E-state index is 0.574. The summed E-state index contributed by atoms with van der Waals surface area (Å²) in [4.78, 5) is 9.74. The number of nitrogens with one attached hydrogen (secondary N) is 2. The summed E-state index contributed by atoms with van der Waals surface area (Å²) in [6.07, 6.45) is 2.52. The SMILES string of the molecule is CNCc1cc(N2CCCC2)nc(=S)[nH]1. The molecule has 1 saturated heterocycles. The fourth-order valence-electron chi connectivity index (χ4n) is 1.89. The average Bonchev–Trinajstić information content (AvgIpc) is 2.70.